The Morgan fingerprint density at radius 2 is 2.04 bits per heavy atom. The fraction of sp³-hybridized carbons (Fsp3) is 0.667. The molecule has 1 fully saturated rings. The van der Waals surface area contributed by atoms with Crippen LogP contribution >= 0.6 is 0 Å². The summed E-state index contributed by atoms with van der Waals surface area (Å²) < 4.78 is 7.47. The second-order valence-corrected chi connectivity index (χ2v) is 9.07. The molecule has 0 unspecified atom stereocenters. The van der Waals surface area contributed by atoms with Crippen LogP contribution in [0.3, 0.4) is 0 Å². The molecule has 0 spiro atoms. The van der Waals surface area contributed by atoms with Crippen molar-refractivity contribution in [3.05, 3.63) is 35.4 Å². The predicted octanol–water partition coefficient (Wildman–Crippen LogP) is 2.89. The third-order valence-corrected chi connectivity index (χ3v) is 5.70. The molecule has 152 valence electrons. The quantitative estimate of drug-likeness (QED) is 0.855. The molecule has 0 aromatic carbocycles. The third-order valence-electron chi connectivity index (χ3n) is 5.70. The van der Waals surface area contributed by atoms with Crippen LogP contribution in [0, 0.1) is 5.41 Å². The molecule has 2 aromatic heterocycles. The molecule has 0 saturated carbocycles. The van der Waals surface area contributed by atoms with Gasteiger partial charge in [-0.25, -0.2) is 9.97 Å². The summed E-state index contributed by atoms with van der Waals surface area (Å²) in [6.45, 7) is 13.0. The van der Waals surface area contributed by atoms with Crippen molar-refractivity contribution in [3.63, 3.8) is 0 Å². The van der Waals surface area contributed by atoms with Gasteiger partial charge in [0, 0.05) is 55.2 Å². The van der Waals surface area contributed by atoms with Gasteiger partial charge in [-0.05, 0) is 32.1 Å². The van der Waals surface area contributed by atoms with Crippen LogP contribution in [-0.2, 0) is 17.7 Å². The van der Waals surface area contributed by atoms with Gasteiger partial charge in [-0.3, -0.25) is 4.68 Å². The summed E-state index contributed by atoms with van der Waals surface area (Å²) in [6.07, 6.45) is 8.20. The average molecular weight is 385 g/mol. The Kier molecular flexibility index (Phi) is 5.38. The van der Waals surface area contributed by atoms with E-state index in [0.29, 0.717) is 6.04 Å². The Labute approximate surface area is 167 Å². The molecule has 0 amide bonds. The molecule has 4 rings (SSSR count). The number of hydrogen-bond donors (Lipinski definition) is 1. The Balaban J connectivity index is 1.52. The molecule has 7 heteroatoms. The molecule has 1 atom stereocenters. The highest BCUT2D eigenvalue weighted by Gasteiger charge is 2.34. The molecule has 28 heavy (non-hydrogen) atoms. The number of anilines is 1. The lowest BCUT2D eigenvalue weighted by molar-refractivity contribution is 0.122. The maximum Gasteiger partial charge on any atom is 0.225 e. The van der Waals surface area contributed by atoms with Gasteiger partial charge in [0.2, 0.25) is 5.95 Å². The zero-order valence-electron chi connectivity index (χ0n) is 17.5. The van der Waals surface area contributed by atoms with E-state index in [1.807, 2.05) is 17.1 Å². The molecular formula is C21H32N6O. The summed E-state index contributed by atoms with van der Waals surface area (Å²) in [4.78, 5) is 11.9. The summed E-state index contributed by atoms with van der Waals surface area (Å²) >= 11 is 0. The lowest BCUT2D eigenvalue weighted by atomic mass is 9.74. The lowest BCUT2D eigenvalue weighted by Crippen LogP contribution is -2.39. The molecule has 1 aliphatic heterocycles. The highest BCUT2D eigenvalue weighted by molar-refractivity contribution is 5.36. The molecule has 7 nitrogen and oxygen atoms in total. The molecule has 3 heterocycles. The normalized spacial score (nSPS) is 21.8. The number of hydrogen-bond acceptors (Lipinski definition) is 6. The summed E-state index contributed by atoms with van der Waals surface area (Å²) in [6, 6.07) is 0.648. The van der Waals surface area contributed by atoms with Crippen molar-refractivity contribution in [1.82, 2.24) is 25.1 Å². The summed E-state index contributed by atoms with van der Waals surface area (Å²) in [5.74, 6) is 0.844. The summed E-state index contributed by atoms with van der Waals surface area (Å²) in [5.41, 5.74) is 3.85. The van der Waals surface area contributed by atoms with Crippen molar-refractivity contribution >= 4 is 5.95 Å². The minimum Gasteiger partial charge on any atom is -0.378 e. The SMILES string of the molecule is CC(C)n1cc(CN[C@@H]2CC(C)(C)Cc3nc(N4CCOCC4)ncc32)cn1. The van der Waals surface area contributed by atoms with Crippen LogP contribution in [0.4, 0.5) is 5.95 Å². The lowest BCUT2D eigenvalue weighted by Gasteiger charge is -2.37. The van der Waals surface area contributed by atoms with E-state index in [2.05, 4.69) is 49.2 Å². The largest absolute Gasteiger partial charge is 0.378 e. The van der Waals surface area contributed by atoms with E-state index >= 15 is 0 Å². The number of morpholine rings is 1. The van der Waals surface area contributed by atoms with Gasteiger partial charge < -0.3 is 15.0 Å². The number of fused-ring (bicyclic) bond motifs is 1. The van der Waals surface area contributed by atoms with Crippen LogP contribution < -0.4 is 10.2 Å². The first-order valence-electron chi connectivity index (χ1n) is 10.4. The van der Waals surface area contributed by atoms with Crippen LogP contribution in [0.25, 0.3) is 0 Å². The summed E-state index contributed by atoms with van der Waals surface area (Å²) in [5, 5.41) is 8.19. The molecule has 1 N–H and O–H groups in total. The fourth-order valence-corrected chi connectivity index (χ4v) is 4.13. The number of aromatic nitrogens is 4. The monoisotopic (exact) mass is 384 g/mol. The van der Waals surface area contributed by atoms with E-state index < -0.39 is 0 Å². The van der Waals surface area contributed by atoms with E-state index in [4.69, 9.17) is 14.7 Å². The van der Waals surface area contributed by atoms with Crippen LogP contribution in [0.1, 0.15) is 63.0 Å². The highest BCUT2D eigenvalue weighted by Crippen LogP contribution is 2.40. The molecule has 2 aromatic rings. The molecule has 0 bridgehead atoms. The molecule has 1 aliphatic carbocycles. The maximum atomic E-state index is 5.46. The Morgan fingerprint density at radius 3 is 2.75 bits per heavy atom. The highest BCUT2D eigenvalue weighted by atomic mass is 16.5. The minimum absolute atomic E-state index is 0.212. The van der Waals surface area contributed by atoms with E-state index in [1.165, 1.54) is 16.8 Å². The standard InChI is InChI=1S/C21H32N6O/c1-15(2)27-14-16(12-24-27)11-22-18-9-21(3,4)10-19-17(18)13-23-20(25-19)26-5-7-28-8-6-26/h12-15,18,22H,5-11H2,1-4H3/t18-/m1/s1. The Morgan fingerprint density at radius 1 is 1.25 bits per heavy atom. The van der Waals surface area contributed by atoms with E-state index in [0.717, 1.165) is 51.6 Å². The molecule has 2 aliphatic rings. The zero-order chi connectivity index (χ0) is 19.7. The van der Waals surface area contributed by atoms with E-state index in [9.17, 15) is 0 Å². The summed E-state index contributed by atoms with van der Waals surface area (Å²) in [7, 11) is 0. The first-order valence-corrected chi connectivity index (χ1v) is 10.4. The number of nitrogens with one attached hydrogen (secondary N) is 1. The van der Waals surface area contributed by atoms with Crippen molar-refractivity contribution in [3.8, 4) is 0 Å². The average Bonchev–Trinajstić information content (AvgIpc) is 3.15. The van der Waals surface area contributed by atoms with Gasteiger partial charge in [0.15, 0.2) is 0 Å². The van der Waals surface area contributed by atoms with Gasteiger partial charge in [-0.15, -0.1) is 0 Å². The molecule has 0 radical (unpaired) electrons. The fourth-order valence-electron chi connectivity index (χ4n) is 4.13. The second-order valence-electron chi connectivity index (χ2n) is 9.07. The van der Waals surface area contributed by atoms with E-state index in [-0.39, 0.29) is 11.5 Å². The third kappa shape index (κ3) is 4.20. The van der Waals surface area contributed by atoms with Gasteiger partial charge in [-0.2, -0.15) is 5.10 Å². The van der Waals surface area contributed by atoms with Gasteiger partial charge in [0.1, 0.15) is 0 Å². The first-order chi connectivity index (χ1) is 13.4. The zero-order valence-corrected chi connectivity index (χ0v) is 17.5. The van der Waals surface area contributed by atoms with Crippen LogP contribution in [0.2, 0.25) is 0 Å². The van der Waals surface area contributed by atoms with Crippen molar-refractivity contribution in [2.75, 3.05) is 31.2 Å². The van der Waals surface area contributed by atoms with Gasteiger partial charge in [0.05, 0.1) is 25.1 Å². The van der Waals surface area contributed by atoms with Crippen molar-refractivity contribution in [2.24, 2.45) is 5.41 Å². The van der Waals surface area contributed by atoms with Gasteiger partial charge >= 0.3 is 0 Å². The van der Waals surface area contributed by atoms with Gasteiger partial charge in [0.25, 0.3) is 0 Å². The molecular weight excluding hydrogens is 352 g/mol. The molecule has 1 saturated heterocycles. The van der Waals surface area contributed by atoms with Crippen molar-refractivity contribution in [2.45, 2.75) is 59.2 Å². The number of nitrogens with zero attached hydrogens (tertiary/aromatic N) is 5. The Bertz CT molecular complexity index is 809. The van der Waals surface area contributed by atoms with Crippen molar-refractivity contribution in [1.29, 1.82) is 0 Å². The predicted molar refractivity (Wildman–Crippen MR) is 109 cm³/mol. The van der Waals surface area contributed by atoms with Crippen molar-refractivity contribution < 1.29 is 4.74 Å². The van der Waals surface area contributed by atoms with Gasteiger partial charge in [-0.1, -0.05) is 13.8 Å². The second kappa shape index (κ2) is 7.79. The van der Waals surface area contributed by atoms with E-state index in [1.54, 1.807) is 0 Å². The number of rotatable bonds is 5. The first kappa shape index (κ1) is 19.3. The topological polar surface area (TPSA) is 68.1 Å². The number of ether oxygens (including phenoxy) is 1. The maximum absolute atomic E-state index is 5.46. The minimum atomic E-state index is 0.212. The smallest absolute Gasteiger partial charge is 0.225 e. The Hall–Kier alpha value is -1.99. The van der Waals surface area contributed by atoms with Crippen LogP contribution in [-0.4, -0.2) is 46.1 Å². The van der Waals surface area contributed by atoms with Crippen LogP contribution in [0.15, 0.2) is 18.6 Å². The van der Waals surface area contributed by atoms with Crippen LogP contribution in [0.5, 0.6) is 0 Å².